The molecule has 0 fully saturated rings. The van der Waals surface area contributed by atoms with Gasteiger partial charge in [-0.05, 0) is 31.1 Å². The van der Waals surface area contributed by atoms with Crippen LogP contribution in [-0.2, 0) is 28.6 Å². The zero-order valence-corrected chi connectivity index (χ0v) is 36.8. The molecule has 320 valence electrons. The van der Waals surface area contributed by atoms with E-state index < -0.39 is 6.10 Å². The first-order valence-corrected chi connectivity index (χ1v) is 23.7. The van der Waals surface area contributed by atoms with Crippen LogP contribution in [0.15, 0.2) is 0 Å². The number of carbonyl (C=O) groups excluding carboxylic acids is 3. The summed E-state index contributed by atoms with van der Waals surface area (Å²) in [7, 11) is 0. The molecule has 0 aliphatic rings. The van der Waals surface area contributed by atoms with E-state index in [0.717, 1.165) is 69.6 Å². The third-order valence-electron chi connectivity index (χ3n) is 10.7. The van der Waals surface area contributed by atoms with Gasteiger partial charge in [-0.25, -0.2) is 0 Å². The Morgan fingerprint density at radius 3 is 0.907 bits per heavy atom. The van der Waals surface area contributed by atoms with Crippen molar-refractivity contribution in [2.75, 3.05) is 13.2 Å². The highest BCUT2D eigenvalue weighted by atomic mass is 16.6. The first kappa shape index (κ1) is 52.4. The van der Waals surface area contributed by atoms with Gasteiger partial charge >= 0.3 is 17.9 Å². The van der Waals surface area contributed by atoms with Gasteiger partial charge in [0.25, 0.3) is 0 Å². The molecule has 6 heteroatoms. The summed E-state index contributed by atoms with van der Waals surface area (Å²) in [6.07, 6.45) is 39.5. The van der Waals surface area contributed by atoms with Crippen LogP contribution < -0.4 is 0 Å². The van der Waals surface area contributed by atoms with Gasteiger partial charge < -0.3 is 14.2 Å². The number of unbranched alkanes of at least 4 members (excludes halogenated alkanes) is 27. The van der Waals surface area contributed by atoms with Crippen LogP contribution in [0.25, 0.3) is 0 Å². The molecule has 0 saturated carbocycles. The Kier molecular flexibility index (Phi) is 39.8. The normalized spacial score (nSPS) is 12.1. The minimum Gasteiger partial charge on any atom is -0.462 e. The molecular weight excluding hydrogens is 673 g/mol. The lowest BCUT2D eigenvalue weighted by Gasteiger charge is -2.18. The summed E-state index contributed by atoms with van der Waals surface area (Å²) in [5.74, 6) is 0.778. The molecule has 0 bridgehead atoms. The molecule has 0 saturated heterocycles. The summed E-state index contributed by atoms with van der Waals surface area (Å²) < 4.78 is 16.7. The van der Waals surface area contributed by atoms with Gasteiger partial charge in [0.05, 0.1) is 0 Å². The van der Waals surface area contributed by atoms with Crippen LogP contribution in [0.2, 0.25) is 0 Å². The van der Waals surface area contributed by atoms with Crippen molar-refractivity contribution in [3.8, 4) is 0 Å². The fourth-order valence-corrected chi connectivity index (χ4v) is 7.11. The van der Waals surface area contributed by atoms with Gasteiger partial charge in [0, 0.05) is 19.3 Å². The highest BCUT2D eigenvalue weighted by Gasteiger charge is 2.19. The second-order valence-electron chi connectivity index (χ2n) is 17.3. The van der Waals surface area contributed by atoms with Crippen molar-refractivity contribution in [3.05, 3.63) is 0 Å². The van der Waals surface area contributed by atoms with Crippen LogP contribution in [0.3, 0.4) is 0 Å². The average molecular weight is 765 g/mol. The van der Waals surface area contributed by atoms with Crippen LogP contribution >= 0.6 is 0 Å². The topological polar surface area (TPSA) is 78.9 Å². The standard InChI is InChI=1S/C48H92O6/c1-6-7-8-9-10-16-25-30-35-40-48(51)54-45(42-53-47(50)39-34-29-24-20-19-22-27-32-37-44(4)5)41-52-46(49)38-33-28-23-18-15-13-11-12-14-17-21-26-31-36-43(2)3/h43-45H,6-42H2,1-5H3/t45-/m1/s1. The highest BCUT2D eigenvalue weighted by molar-refractivity contribution is 5.71. The molecule has 0 aliphatic carbocycles. The van der Waals surface area contributed by atoms with E-state index in [1.807, 2.05) is 0 Å². The van der Waals surface area contributed by atoms with Crippen molar-refractivity contribution in [2.24, 2.45) is 11.8 Å². The minimum absolute atomic E-state index is 0.0648. The van der Waals surface area contributed by atoms with Gasteiger partial charge in [-0.1, -0.05) is 221 Å². The predicted octanol–water partition coefficient (Wildman–Crippen LogP) is 15.0. The van der Waals surface area contributed by atoms with Gasteiger partial charge in [0.2, 0.25) is 0 Å². The van der Waals surface area contributed by atoms with Crippen molar-refractivity contribution in [1.29, 1.82) is 0 Å². The lowest BCUT2D eigenvalue weighted by Crippen LogP contribution is -2.30. The summed E-state index contributed by atoms with van der Waals surface area (Å²) >= 11 is 0. The molecule has 0 heterocycles. The van der Waals surface area contributed by atoms with Gasteiger partial charge in [0.15, 0.2) is 6.10 Å². The molecule has 6 nitrogen and oxygen atoms in total. The minimum atomic E-state index is -0.760. The van der Waals surface area contributed by atoms with E-state index in [-0.39, 0.29) is 31.1 Å². The predicted molar refractivity (Wildman–Crippen MR) is 229 cm³/mol. The maximum atomic E-state index is 12.7. The summed E-state index contributed by atoms with van der Waals surface area (Å²) in [4.78, 5) is 37.7. The van der Waals surface area contributed by atoms with E-state index in [9.17, 15) is 14.4 Å². The third kappa shape index (κ3) is 41.6. The maximum absolute atomic E-state index is 12.7. The van der Waals surface area contributed by atoms with Crippen LogP contribution in [0.4, 0.5) is 0 Å². The van der Waals surface area contributed by atoms with E-state index in [4.69, 9.17) is 14.2 Å². The van der Waals surface area contributed by atoms with Gasteiger partial charge in [-0.2, -0.15) is 0 Å². The van der Waals surface area contributed by atoms with Crippen molar-refractivity contribution >= 4 is 17.9 Å². The Morgan fingerprint density at radius 1 is 0.352 bits per heavy atom. The summed E-state index contributed by atoms with van der Waals surface area (Å²) in [5, 5.41) is 0. The maximum Gasteiger partial charge on any atom is 0.306 e. The van der Waals surface area contributed by atoms with E-state index >= 15 is 0 Å². The molecular formula is C48H92O6. The summed E-state index contributed by atoms with van der Waals surface area (Å²) in [6, 6.07) is 0. The molecule has 54 heavy (non-hydrogen) atoms. The molecule has 1 atom stereocenters. The van der Waals surface area contributed by atoms with E-state index in [1.54, 1.807) is 0 Å². The van der Waals surface area contributed by atoms with Crippen LogP contribution in [0.5, 0.6) is 0 Å². The largest absolute Gasteiger partial charge is 0.462 e. The Labute approximate surface area is 336 Å². The molecule has 0 aromatic rings. The van der Waals surface area contributed by atoms with Gasteiger partial charge in [0.1, 0.15) is 13.2 Å². The third-order valence-corrected chi connectivity index (χ3v) is 10.7. The number of rotatable bonds is 42. The fourth-order valence-electron chi connectivity index (χ4n) is 7.11. The molecule has 0 radical (unpaired) electrons. The average Bonchev–Trinajstić information content (AvgIpc) is 3.14. The second-order valence-corrected chi connectivity index (χ2v) is 17.3. The number of esters is 3. The zero-order chi connectivity index (χ0) is 39.7. The van der Waals surface area contributed by atoms with E-state index in [1.165, 1.54) is 148 Å². The van der Waals surface area contributed by atoms with Crippen molar-refractivity contribution < 1.29 is 28.6 Å². The lowest BCUT2D eigenvalue weighted by atomic mass is 10.0. The number of ether oxygens (including phenoxy) is 3. The Hall–Kier alpha value is -1.59. The summed E-state index contributed by atoms with van der Waals surface area (Å²) in [6.45, 7) is 11.3. The Morgan fingerprint density at radius 2 is 0.611 bits per heavy atom. The van der Waals surface area contributed by atoms with Gasteiger partial charge in [-0.15, -0.1) is 0 Å². The zero-order valence-electron chi connectivity index (χ0n) is 36.8. The van der Waals surface area contributed by atoms with E-state index in [0.29, 0.717) is 19.3 Å². The first-order chi connectivity index (χ1) is 26.2. The molecule has 0 amide bonds. The van der Waals surface area contributed by atoms with E-state index in [2.05, 4.69) is 34.6 Å². The highest BCUT2D eigenvalue weighted by Crippen LogP contribution is 2.17. The fraction of sp³-hybridized carbons (Fsp3) is 0.938. The number of carbonyl (C=O) groups is 3. The molecule has 0 aromatic heterocycles. The van der Waals surface area contributed by atoms with Crippen LogP contribution in [0, 0.1) is 11.8 Å². The Balaban J connectivity index is 4.26. The molecule has 0 rings (SSSR count). The van der Waals surface area contributed by atoms with Crippen LogP contribution in [-0.4, -0.2) is 37.2 Å². The Bertz CT molecular complexity index is 824. The molecule has 0 aromatic carbocycles. The number of hydrogen-bond acceptors (Lipinski definition) is 6. The molecule has 0 N–H and O–H groups in total. The second kappa shape index (κ2) is 41.1. The molecule has 0 unspecified atom stereocenters. The molecule has 0 aliphatic heterocycles. The lowest BCUT2D eigenvalue weighted by molar-refractivity contribution is -0.167. The van der Waals surface area contributed by atoms with Crippen molar-refractivity contribution in [3.63, 3.8) is 0 Å². The quantitative estimate of drug-likeness (QED) is 0.0350. The smallest absolute Gasteiger partial charge is 0.306 e. The van der Waals surface area contributed by atoms with Crippen molar-refractivity contribution in [1.82, 2.24) is 0 Å². The van der Waals surface area contributed by atoms with Crippen molar-refractivity contribution in [2.45, 2.75) is 265 Å². The van der Waals surface area contributed by atoms with Crippen LogP contribution in [0.1, 0.15) is 259 Å². The SMILES string of the molecule is CCCCCCCCCCCC(=O)O[C@H](COC(=O)CCCCCCCCCCCCCCCC(C)C)COC(=O)CCCCCCCCCCC(C)C. The summed E-state index contributed by atoms with van der Waals surface area (Å²) in [5.41, 5.74) is 0. The first-order valence-electron chi connectivity index (χ1n) is 23.7. The number of hydrogen-bond donors (Lipinski definition) is 0. The van der Waals surface area contributed by atoms with Gasteiger partial charge in [-0.3, -0.25) is 14.4 Å². The molecule has 0 spiro atoms. The monoisotopic (exact) mass is 765 g/mol.